The molecule has 27 heavy (non-hydrogen) atoms. The minimum atomic E-state index is -0.187. The van der Waals surface area contributed by atoms with E-state index in [0.717, 1.165) is 17.7 Å². The molecule has 2 aromatic carbocycles. The number of carbonyl (C=O) groups excluding carboxylic acids is 2. The van der Waals surface area contributed by atoms with Gasteiger partial charge in [-0.2, -0.15) is 0 Å². The van der Waals surface area contributed by atoms with E-state index in [0.29, 0.717) is 30.9 Å². The van der Waals surface area contributed by atoms with Crippen molar-refractivity contribution in [2.24, 2.45) is 0 Å². The summed E-state index contributed by atoms with van der Waals surface area (Å²) in [5.41, 5.74) is 1.66. The maximum atomic E-state index is 12.2. The van der Waals surface area contributed by atoms with Crippen LogP contribution in [0.4, 0.5) is 0 Å². The van der Waals surface area contributed by atoms with Crippen molar-refractivity contribution < 1.29 is 19.1 Å². The largest absolute Gasteiger partial charge is 0.497 e. The van der Waals surface area contributed by atoms with E-state index in [1.165, 1.54) is 6.92 Å². The van der Waals surface area contributed by atoms with Crippen LogP contribution in [-0.2, 0) is 11.2 Å². The first-order chi connectivity index (χ1) is 13.0. The molecule has 0 fully saturated rings. The Morgan fingerprint density at radius 2 is 1.67 bits per heavy atom. The highest BCUT2D eigenvalue weighted by atomic mass is 16.5. The second kappa shape index (κ2) is 10.2. The normalized spacial score (nSPS) is 10.2. The molecular weight excluding hydrogens is 344 g/mol. The van der Waals surface area contributed by atoms with Crippen molar-refractivity contribution in [1.29, 1.82) is 0 Å². The third kappa shape index (κ3) is 6.33. The maximum Gasteiger partial charge on any atom is 0.251 e. The third-order valence-corrected chi connectivity index (χ3v) is 4.27. The summed E-state index contributed by atoms with van der Waals surface area (Å²) in [6.45, 7) is 2.98. The Labute approximate surface area is 160 Å². The number of ether oxygens (including phenoxy) is 2. The van der Waals surface area contributed by atoms with E-state index >= 15 is 0 Å². The smallest absolute Gasteiger partial charge is 0.251 e. The summed E-state index contributed by atoms with van der Waals surface area (Å²) in [5.74, 6) is 1.24. The highest BCUT2D eigenvalue weighted by Gasteiger charge is 2.11. The van der Waals surface area contributed by atoms with Gasteiger partial charge >= 0.3 is 0 Å². The van der Waals surface area contributed by atoms with Crippen molar-refractivity contribution >= 4 is 11.8 Å². The van der Waals surface area contributed by atoms with Crippen molar-refractivity contribution in [2.45, 2.75) is 13.3 Å². The molecule has 0 aliphatic heterocycles. The Hall–Kier alpha value is -3.02. The topological polar surface area (TPSA) is 67.9 Å². The van der Waals surface area contributed by atoms with Crippen LogP contribution in [0, 0.1) is 0 Å². The van der Waals surface area contributed by atoms with Gasteiger partial charge in [-0.1, -0.05) is 18.2 Å². The average Bonchev–Trinajstić information content (AvgIpc) is 2.70. The summed E-state index contributed by atoms with van der Waals surface area (Å²) < 4.78 is 10.3. The van der Waals surface area contributed by atoms with Gasteiger partial charge in [0.25, 0.3) is 5.91 Å². The fourth-order valence-electron chi connectivity index (χ4n) is 2.65. The first-order valence-electron chi connectivity index (χ1n) is 8.84. The number of methoxy groups -OCH3 is 2. The Morgan fingerprint density at radius 1 is 0.963 bits per heavy atom. The molecule has 0 radical (unpaired) electrons. The summed E-state index contributed by atoms with van der Waals surface area (Å²) in [5, 5.41) is 2.84. The third-order valence-electron chi connectivity index (χ3n) is 4.27. The van der Waals surface area contributed by atoms with Gasteiger partial charge in [-0.15, -0.1) is 0 Å². The van der Waals surface area contributed by atoms with Crippen LogP contribution in [0.25, 0.3) is 0 Å². The molecule has 2 amide bonds. The van der Waals surface area contributed by atoms with Gasteiger partial charge in [0.05, 0.1) is 14.2 Å². The standard InChI is InChI=1S/C21H26N2O4/c1-16(24)23(13-11-17-7-9-19(26-2)10-8-17)14-12-22-21(25)18-5-4-6-20(15-18)27-3/h4-10,15H,11-14H2,1-3H3,(H,22,25). The predicted molar refractivity (Wildman–Crippen MR) is 104 cm³/mol. The summed E-state index contributed by atoms with van der Waals surface area (Å²) in [6.07, 6.45) is 0.743. The number of nitrogens with one attached hydrogen (secondary N) is 1. The van der Waals surface area contributed by atoms with Crippen LogP contribution >= 0.6 is 0 Å². The lowest BCUT2D eigenvalue weighted by molar-refractivity contribution is -0.128. The molecule has 0 bridgehead atoms. The molecule has 144 valence electrons. The number of carbonyl (C=O) groups is 2. The van der Waals surface area contributed by atoms with Gasteiger partial charge in [-0.3, -0.25) is 9.59 Å². The summed E-state index contributed by atoms with van der Waals surface area (Å²) in [7, 11) is 3.19. The molecule has 0 atom stereocenters. The van der Waals surface area contributed by atoms with Gasteiger partial charge in [0.1, 0.15) is 11.5 Å². The van der Waals surface area contributed by atoms with Gasteiger partial charge < -0.3 is 19.7 Å². The van der Waals surface area contributed by atoms with Crippen molar-refractivity contribution in [3.63, 3.8) is 0 Å². The molecule has 0 spiro atoms. The minimum absolute atomic E-state index is 0.0147. The maximum absolute atomic E-state index is 12.2. The van der Waals surface area contributed by atoms with Gasteiger partial charge in [0.15, 0.2) is 0 Å². The zero-order valence-corrected chi connectivity index (χ0v) is 16.0. The molecule has 2 aromatic rings. The summed E-state index contributed by atoms with van der Waals surface area (Å²) in [4.78, 5) is 25.8. The van der Waals surface area contributed by atoms with Crippen LogP contribution in [0.3, 0.4) is 0 Å². The lowest BCUT2D eigenvalue weighted by Crippen LogP contribution is -2.38. The Kier molecular flexibility index (Phi) is 7.67. The van der Waals surface area contributed by atoms with Crippen LogP contribution in [0.2, 0.25) is 0 Å². The molecular formula is C21H26N2O4. The first kappa shape index (κ1) is 20.3. The number of hydrogen-bond donors (Lipinski definition) is 1. The zero-order chi connectivity index (χ0) is 19.6. The fourth-order valence-corrected chi connectivity index (χ4v) is 2.65. The van der Waals surface area contributed by atoms with Crippen LogP contribution in [-0.4, -0.2) is 50.6 Å². The molecule has 0 aromatic heterocycles. The molecule has 2 rings (SSSR count). The quantitative estimate of drug-likeness (QED) is 0.737. The van der Waals surface area contributed by atoms with E-state index in [-0.39, 0.29) is 11.8 Å². The molecule has 0 aliphatic rings. The van der Waals surface area contributed by atoms with E-state index < -0.39 is 0 Å². The average molecular weight is 370 g/mol. The highest BCUT2D eigenvalue weighted by molar-refractivity contribution is 5.94. The van der Waals surface area contributed by atoms with E-state index in [1.54, 1.807) is 43.4 Å². The Balaban J connectivity index is 1.82. The van der Waals surface area contributed by atoms with E-state index in [2.05, 4.69) is 5.32 Å². The lowest BCUT2D eigenvalue weighted by atomic mass is 10.1. The molecule has 0 saturated heterocycles. The molecule has 0 unspecified atom stereocenters. The molecule has 6 nitrogen and oxygen atoms in total. The van der Waals surface area contributed by atoms with Gasteiger partial charge in [-0.25, -0.2) is 0 Å². The van der Waals surface area contributed by atoms with E-state index in [1.807, 2.05) is 24.3 Å². The number of benzene rings is 2. The predicted octanol–water partition coefficient (Wildman–Crippen LogP) is 2.52. The van der Waals surface area contributed by atoms with Crippen LogP contribution in [0.15, 0.2) is 48.5 Å². The first-order valence-corrected chi connectivity index (χ1v) is 8.84. The highest BCUT2D eigenvalue weighted by Crippen LogP contribution is 2.13. The van der Waals surface area contributed by atoms with Crippen LogP contribution in [0.5, 0.6) is 11.5 Å². The van der Waals surface area contributed by atoms with Crippen molar-refractivity contribution in [2.75, 3.05) is 33.9 Å². The SMILES string of the molecule is COc1ccc(CCN(CCNC(=O)c2cccc(OC)c2)C(C)=O)cc1. The number of hydrogen-bond acceptors (Lipinski definition) is 4. The van der Waals surface area contributed by atoms with E-state index in [4.69, 9.17) is 9.47 Å². The minimum Gasteiger partial charge on any atom is -0.497 e. The summed E-state index contributed by atoms with van der Waals surface area (Å²) in [6, 6.07) is 14.7. The Morgan fingerprint density at radius 3 is 2.30 bits per heavy atom. The number of nitrogens with zero attached hydrogens (tertiary/aromatic N) is 1. The number of amides is 2. The lowest BCUT2D eigenvalue weighted by Gasteiger charge is -2.21. The van der Waals surface area contributed by atoms with Crippen LogP contribution < -0.4 is 14.8 Å². The van der Waals surface area contributed by atoms with Crippen molar-refractivity contribution in [3.05, 3.63) is 59.7 Å². The molecule has 0 aliphatic carbocycles. The monoisotopic (exact) mass is 370 g/mol. The second-order valence-corrected chi connectivity index (χ2v) is 6.09. The van der Waals surface area contributed by atoms with E-state index in [9.17, 15) is 9.59 Å². The second-order valence-electron chi connectivity index (χ2n) is 6.09. The van der Waals surface area contributed by atoms with Crippen molar-refractivity contribution in [3.8, 4) is 11.5 Å². The van der Waals surface area contributed by atoms with Gasteiger partial charge in [-0.05, 0) is 42.3 Å². The zero-order valence-electron chi connectivity index (χ0n) is 16.0. The van der Waals surface area contributed by atoms with Crippen LogP contribution in [0.1, 0.15) is 22.8 Å². The summed E-state index contributed by atoms with van der Waals surface area (Å²) >= 11 is 0. The molecule has 0 heterocycles. The molecule has 0 saturated carbocycles. The molecule has 6 heteroatoms. The van der Waals surface area contributed by atoms with Gasteiger partial charge in [0.2, 0.25) is 5.91 Å². The van der Waals surface area contributed by atoms with Gasteiger partial charge in [0, 0.05) is 32.1 Å². The molecule has 1 N–H and O–H groups in total. The number of rotatable bonds is 9. The fraction of sp³-hybridized carbons (Fsp3) is 0.333. The Bertz CT molecular complexity index is 759. The van der Waals surface area contributed by atoms with Crippen molar-refractivity contribution in [1.82, 2.24) is 10.2 Å².